The first-order valence-corrected chi connectivity index (χ1v) is 6.44. The summed E-state index contributed by atoms with van der Waals surface area (Å²) < 4.78 is 18.3. The van der Waals surface area contributed by atoms with Crippen molar-refractivity contribution in [3.8, 4) is 0 Å². The highest BCUT2D eigenvalue weighted by Gasteiger charge is 2.31. The number of ether oxygens (including phenoxy) is 1. The minimum atomic E-state index is -1.10. The molecule has 0 aliphatic carbocycles. The summed E-state index contributed by atoms with van der Waals surface area (Å²) in [6, 6.07) is 2.66. The van der Waals surface area contributed by atoms with Gasteiger partial charge in [0.05, 0.1) is 10.5 Å². The summed E-state index contributed by atoms with van der Waals surface area (Å²) in [5.41, 5.74) is -1.95. The molecular formula is C13H15FN2O5. The Morgan fingerprint density at radius 3 is 2.76 bits per heavy atom. The minimum Gasteiger partial charge on any atom is -0.388 e. The molecule has 0 spiro atoms. The lowest BCUT2D eigenvalue weighted by atomic mass is 9.94. The minimum absolute atomic E-state index is 0.0666. The number of rotatable bonds is 4. The summed E-state index contributed by atoms with van der Waals surface area (Å²) in [7, 11) is 0. The van der Waals surface area contributed by atoms with Gasteiger partial charge in [-0.05, 0) is 12.1 Å². The number of nitrogens with zero attached hydrogens (tertiary/aromatic N) is 1. The van der Waals surface area contributed by atoms with E-state index >= 15 is 0 Å². The lowest BCUT2D eigenvalue weighted by molar-refractivity contribution is -0.385. The van der Waals surface area contributed by atoms with Crippen LogP contribution in [0.1, 0.15) is 23.2 Å². The number of nitrogens with one attached hydrogen (secondary N) is 1. The van der Waals surface area contributed by atoms with E-state index in [0.717, 1.165) is 18.2 Å². The Labute approximate surface area is 119 Å². The molecule has 1 amide bonds. The van der Waals surface area contributed by atoms with Crippen LogP contribution in [-0.4, -0.2) is 41.3 Å². The van der Waals surface area contributed by atoms with Crippen molar-refractivity contribution in [2.75, 3.05) is 19.8 Å². The van der Waals surface area contributed by atoms with Crippen LogP contribution >= 0.6 is 0 Å². The van der Waals surface area contributed by atoms with Gasteiger partial charge in [-0.1, -0.05) is 0 Å². The molecular weight excluding hydrogens is 283 g/mol. The molecule has 1 aromatic carbocycles. The quantitative estimate of drug-likeness (QED) is 0.638. The van der Waals surface area contributed by atoms with E-state index in [1.54, 1.807) is 0 Å². The van der Waals surface area contributed by atoms with Crippen molar-refractivity contribution in [1.82, 2.24) is 5.32 Å². The Kier molecular flexibility index (Phi) is 4.49. The van der Waals surface area contributed by atoms with Crippen LogP contribution in [0.3, 0.4) is 0 Å². The van der Waals surface area contributed by atoms with Gasteiger partial charge >= 0.3 is 0 Å². The number of amides is 1. The fourth-order valence-electron chi connectivity index (χ4n) is 2.12. The zero-order valence-electron chi connectivity index (χ0n) is 11.2. The highest BCUT2D eigenvalue weighted by molar-refractivity contribution is 5.98. The molecule has 0 radical (unpaired) electrons. The van der Waals surface area contributed by atoms with Gasteiger partial charge in [0.1, 0.15) is 11.4 Å². The van der Waals surface area contributed by atoms with E-state index in [1.165, 1.54) is 0 Å². The molecule has 0 unspecified atom stereocenters. The van der Waals surface area contributed by atoms with Gasteiger partial charge in [-0.2, -0.15) is 0 Å². The third-order valence-corrected chi connectivity index (χ3v) is 3.40. The van der Waals surface area contributed by atoms with E-state index in [0.29, 0.717) is 26.1 Å². The normalized spacial score (nSPS) is 17.2. The van der Waals surface area contributed by atoms with E-state index < -0.39 is 27.9 Å². The Hall–Kier alpha value is -2.06. The highest BCUT2D eigenvalue weighted by Crippen LogP contribution is 2.22. The van der Waals surface area contributed by atoms with Crippen LogP contribution in [0.4, 0.5) is 10.1 Å². The molecule has 0 bridgehead atoms. The highest BCUT2D eigenvalue weighted by atomic mass is 19.1. The number of nitro groups is 1. The first-order valence-electron chi connectivity index (χ1n) is 6.44. The molecule has 0 atom stereocenters. The zero-order valence-corrected chi connectivity index (χ0v) is 11.2. The van der Waals surface area contributed by atoms with Crippen LogP contribution in [0.15, 0.2) is 18.2 Å². The largest absolute Gasteiger partial charge is 0.388 e. The first-order chi connectivity index (χ1) is 9.91. The summed E-state index contributed by atoms with van der Waals surface area (Å²) in [6.07, 6.45) is 0.719. The topological polar surface area (TPSA) is 102 Å². The van der Waals surface area contributed by atoms with Crippen molar-refractivity contribution < 1.29 is 24.0 Å². The number of carbonyl (C=O) groups is 1. The molecule has 7 nitrogen and oxygen atoms in total. The summed E-state index contributed by atoms with van der Waals surface area (Å²) in [6.45, 7) is 0.696. The number of benzene rings is 1. The second-order valence-electron chi connectivity index (χ2n) is 4.94. The molecule has 1 aliphatic heterocycles. The molecule has 114 valence electrons. The monoisotopic (exact) mass is 298 g/mol. The maximum absolute atomic E-state index is 13.2. The Balaban J connectivity index is 2.09. The van der Waals surface area contributed by atoms with Crippen LogP contribution in [0.5, 0.6) is 0 Å². The molecule has 1 aromatic rings. The van der Waals surface area contributed by atoms with Crippen LogP contribution in [0.2, 0.25) is 0 Å². The lowest BCUT2D eigenvalue weighted by Gasteiger charge is -2.32. The van der Waals surface area contributed by atoms with Crippen molar-refractivity contribution in [2.24, 2.45) is 0 Å². The maximum Gasteiger partial charge on any atom is 0.282 e. The standard InChI is InChI=1S/C13H15FN2O5/c14-9-1-2-11(16(19)20)10(7-9)12(17)15-8-13(18)3-5-21-6-4-13/h1-2,7,18H,3-6,8H2,(H,15,17). The smallest absolute Gasteiger partial charge is 0.282 e. The molecule has 1 saturated heterocycles. The van der Waals surface area contributed by atoms with E-state index in [1.807, 2.05) is 0 Å². The van der Waals surface area contributed by atoms with E-state index in [2.05, 4.69) is 5.32 Å². The summed E-state index contributed by atoms with van der Waals surface area (Å²) in [4.78, 5) is 22.1. The average molecular weight is 298 g/mol. The van der Waals surface area contributed by atoms with Crippen molar-refractivity contribution in [1.29, 1.82) is 0 Å². The molecule has 0 aromatic heterocycles. The van der Waals surface area contributed by atoms with Gasteiger partial charge in [0.15, 0.2) is 0 Å². The van der Waals surface area contributed by atoms with Crippen molar-refractivity contribution in [3.63, 3.8) is 0 Å². The van der Waals surface area contributed by atoms with Crippen LogP contribution in [0, 0.1) is 15.9 Å². The van der Waals surface area contributed by atoms with Crippen molar-refractivity contribution in [2.45, 2.75) is 18.4 Å². The number of carbonyl (C=O) groups excluding carboxylic acids is 1. The van der Waals surface area contributed by atoms with Crippen molar-refractivity contribution in [3.05, 3.63) is 39.7 Å². The number of aliphatic hydroxyl groups is 1. The summed E-state index contributed by atoms with van der Waals surface area (Å²) in [5, 5.41) is 23.5. The van der Waals surface area contributed by atoms with Gasteiger partial charge < -0.3 is 15.2 Å². The second-order valence-corrected chi connectivity index (χ2v) is 4.94. The summed E-state index contributed by atoms with van der Waals surface area (Å²) in [5.74, 6) is -1.53. The predicted octanol–water partition coefficient (Wildman–Crippen LogP) is 1.01. The molecule has 2 rings (SSSR count). The SMILES string of the molecule is O=C(NCC1(O)CCOCC1)c1cc(F)ccc1[N+](=O)[O-]. The first kappa shape index (κ1) is 15.3. The number of nitro benzene ring substituents is 1. The Morgan fingerprint density at radius 2 is 2.14 bits per heavy atom. The lowest BCUT2D eigenvalue weighted by Crippen LogP contribution is -2.46. The second kappa shape index (κ2) is 6.15. The van der Waals surface area contributed by atoms with E-state index in [9.17, 15) is 24.4 Å². The maximum atomic E-state index is 13.2. The molecule has 2 N–H and O–H groups in total. The Morgan fingerprint density at radius 1 is 1.48 bits per heavy atom. The average Bonchev–Trinajstić information content (AvgIpc) is 2.45. The van der Waals surface area contributed by atoms with Gasteiger partial charge in [-0.3, -0.25) is 14.9 Å². The molecule has 8 heteroatoms. The number of hydrogen-bond acceptors (Lipinski definition) is 5. The van der Waals surface area contributed by atoms with Gasteiger partial charge in [0, 0.05) is 38.7 Å². The number of hydrogen-bond donors (Lipinski definition) is 2. The van der Waals surface area contributed by atoms with Crippen LogP contribution < -0.4 is 5.32 Å². The van der Waals surface area contributed by atoms with Gasteiger partial charge in [0.25, 0.3) is 11.6 Å². The fourth-order valence-corrected chi connectivity index (χ4v) is 2.12. The Bertz CT molecular complexity index is 557. The van der Waals surface area contributed by atoms with E-state index in [4.69, 9.17) is 4.74 Å². The van der Waals surface area contributed by atoms with Gasteiger partial charge in [0.2, 0.25) is 0 Å². The predicted molar refractivity (Wildman–Crippen MR) is 70.4 cm³/mol. The van der Waals surface area contributed by atoms with Crippen LogP contribution in [-0.2, 0) is 4.74 Å². The number of halogens is 1. The third kappa shape index (κ3) is 3.73. The van der Waals surface area contributed by atoms with Crippen molar-refractivity contribution >= 4 is 11.6 Å². The molecule has 1 aliphatic rings. The molecule has 1 heterocycles. The van der Waals surface area contributed by atoms with Gasteiger partial charge in [-0.25, -0.2) is 4.39 Å². The van der Waals surface area contributed by atoms with Gasteiger partial charge in [-0.15, -0.1) is 0 Å². The molecule has 21 heavy (non-hydrogen) atoms. The zero-order chi connectivity index (χ0) is 15.5. The fraction of sp³-hybridized carbons (Fsp3) is 0.462. The molecule has 1 fully saturated rings. The van der Waals surface area contributed by atoms with E-state index in [-0.39, 0.29) is 12.1 Å². The summed E-state index contributed by atoms with van der Waals surface area (Å²) >= 11 is 0. The van der Waals surface area contributed by atoms with Crippen LogP contribution in [0.25, 0.3) is 0 Å². The molecule has 0 saturated carbocycles. The third-order valence-electron chi connectivity index (χ3n) is 3.40.